The molecule has 0 aliphatic heterocycles. The molecule has 1 unspecified atom stereocenters. The molecule has 1 aliphatic carbocycles. The number of amides is 1. The Bertz CT molecular complexity index is 908. The normalized spacial score (nSPS) is 19.1. The fraction of sp³-hybridized carbons (Fsp3) is 0.519. The van der Waals surface area contributed by atoms with Gasteiger partial charge in [-0.05, 0) is 63.0 Å². The smallest absolute Gasteiger partial charge is 0.408 e. The first-order chi connectivity index (χ1) is 17.0. The van der Waals surface area contributed by atoms with E-state index in [0.29, 0.717) is 5.92 Å². The van der Waals surface area contributed by atoms with Crippen LogP contribution in [0, 0.1) is 5.92 Å². The van der Waals surface area contributed by atoms with Crippen molar-refractivity contribution < 1.29 is 27.9 Å². The van der Waals surface area contributed by atoms with Gasteiger partial charge in [-0.15, -0.1) is 0 Å². The van der Waals surface area contributed by atoms with Crippen LogP contribution in [0.3, 0.4) is 0 Å². The summed E-state index contributed by atoms with van der Waals surface area (Å²) >= 11 is 0. The SMILES string of the molecule is CCOP(=O)(OCC)C(COC1CCC(Cc2ccccc2)CC1)NC(=O)OCc1ccccc1. The van der Waals surface area contributed by atoms with E-state index >= 15 is 0 Å². The van der Waals surface area contributed by atoms with Gasteiger partial charge in [0.25, 0.3) is 0 Å². The van der Waals surface area contributed by atoms with Crippen molar-refractivity contribution in [3.63, 3.8) is 0 Å². The van der Waals surface area contributed by atoms with Crippen LogP contribution < -0.4 is 5.32 Å². The van der Waals surface area contributed by atoms with Crippen LogP contribution in [0.2, 0.25) is 0 Å². The van der Waals surface area contributed by atoms with Crippen LogP contribution in [0.1, 0.15) is 50.7 Å². The van der Waals surface area contributed by atoms with Crippen LogP contribution >= 0.6 is 7.60 Å². The van der Waals surface area contributed by atoms with E-state index in [2.05, 4.69) is 29.6 Å². The fourth-order valence-electron chi connectivity index (χ4n) is 4.37. The van der Waals surface area contributed by atoms with Crippen LogP contribution in [0.15, 0.2) is 60.7 Å². The number of nitrogens with one attached hydrogen (secondary N) is 1. The number of ether oxygens (including phenoxy) is 2. The molecular formula is C27H38NO6P. The van der Waals surface area contributed by atoms with Crippen molar-refractivity contribution in [3.05, 3.63) is 71.8 Å². The minimum absolute atomic E-state index is 0.0335. The highest BCUT2D eigenvalue weighted by Crippen LogP contribution is 2.52. The van der Waals surface area contributed by atoms with Crippen molar-refractivity contribution in [3.8, 4) is 0 Å². The molecule has 1 atom stereocenters. The molecule has 1 N–H and O–H groups in total. The molecule has 7 nitrogen and oxygen atoms in total. The number of benzene rings is 2. The fourth-order valence-corrected chi connectivity index (χ4v) is 6.05. The molecule has 1 amide bonds. The molecule has 0 heterocycles. The summed E-state index contributed by atoms with van der Waals surface area (Å²) in [4.78, 5) is 12.5. The first-order valence-electron chi connectivity index (χ1n) is 12.5. The number of hydrogen-bond acceptors (Lipinski definition) is 6. The molecule has 1 aliphatic rings. The lowest BCUT2D eigenvalue weighted by atomic mass is 9.83. The summed E-state index contributed by atoms with van der Waals surface area (Å²) in [6.45, 7) is 4.01. The van der Waals surface area contributed by atoms with E-state index in [1.165, 1.54) is 5.56 Å². The van der Waals surface area contributed by atoms with E-state index in [4.69, 9.17) is 18.5 Å². The maximum atomic E-state index is 13.5. The van der Waals surface area contributed by atoms with Crippen LogP contribution in [-0.2, 0) is 36.1 Å². The average molecular weight is 504 g/mol. The number of carbonyl (C=O) groups is 1. The van der Waals surface area contributed by atoms with Gasteiger partial charge >= 0.3 is 13.7 Å². The summed E-state index contributed by atoms with van der Waals surface area (Å²) in [6.07, 6.45) is 4.44. The molecule has 192 valence electrons. The van der Waals surface area contributed by atoms with E-state index in [0.717, 1.165) is 37.7 Å². The largest absolute Gasteiger partial charge is 0.445 e. The quantitative estimate of drug-likeness (QED) is 0.322. The second-order valence-electron chi connectivity index (χ2n) is 8.76. The van der Waals surface area contributed by atoms with E-state index in [9.17, 15) is 9.36 Å². The monoisotopic (exact) mass is 503 g/mol. The number of alkyl carbamates (subject to hydrolysis) is 1. The second kappa shape index (κ2) is 14.4. The first-order valence-corrected chi connectivity index (χ1v) is 14.1. The van der Waals surface area contributed by atoms with E-state index < -0.39 is 19.5 Å². The zero-order valence-corrected chi connectivity index (χ0v) is 21.7. The number of rotatable bonds is 13. The van der Waals surface area contributed by atoms with Crippen molar-refractivity contribution in [1.82, 2.24) is 5.32 Å². The molecule has 0 bridgehead atoms. The molecule has 8 heteroatoms. The Hall–Kier alpha value is -2.18. The van der Waals surface area contributed by atoms with E-state index in [1.54, 1.807) is 13.8 Å². The summed E-state index contributed by atoms with van der Waals surface area (Å²) in [5.74, 6) is -0.315. The lowest BCUT2D eigenvalue weighted by Crippen LogP contribution is -2.40. The minimum atomic E-state index is -3.64. The molecule has 35 heavy (non-hydrogen) atoms. The van der Waals surface area contributed by atoms with Gasteiger partial charge in [0.05, 0.1) is 25.9 Å². The van der Waals surface area contributed by atoms with Gasteiger partial charge in [0.15, 0.2) is 5.78 Å². The van der Waals surface area contributed by atoms with Crippen molar-refractivity contribution in [2.24, 2.45) is 5.92 Å². The molecule has 1 fully saturated rings. The highest BCUT2D eigenvalue weighted by atomic mass is 31.2. The first kappa shape index (κ1) is 27.4. The molecule has 2 aromatic carbocycles. The van der Waals surface area contributed by atoms with E-state index in [-0.39, 0.29) is 32.5 Å². The van der Waals surface area contributed by atoms with Gasteiger partial charge in [-0.2, -0.15) is 0 Å². The molecule has 0 spiro atoms. The Morgan fingerprint density at radius 3 is 2.06 bits per heavy atom. The third kappa shape index (κ3) is 9.08. The maximum Gasteiger partial charge on any atom is 0.408 e. The zero-order chi connectivity index (χ0) is 24.9. The van der Waals surface area contributed by atoms with Crippen LogP contribution in [0.4, 0.5) is 4.79 Å². The lowest BCUT2D eigenvalue weighted by molar-refractivity contribution is 0.0109. The van der Waals surface area contributed by atoms with Gasteiger partial charge in [0.2, 0.25) is 0 Å². The summed E-state index contributed by atoms with van der Waals surface area (Å²) in [5, 5.41) is 2.68. The topological polar surface area (TPSA) is 83.1 Å². The second-order valence-corrected chi connectivity index (χ2v) is 11.0. The van der Waals surface area contributed by atoms with Crippen LogP contribution in [0.25, 0.3) is 0 Å². The predicted octanol–water partition coefficient (Wildman–Crippen LogP) is 6.32. The lowest BCUT2D eigenvalue weighted by Gasteiger charge is -2.31. The van der Waals surface area contributed by atoms with E-state index in [1.807, 2.05) is 36.4 Å². The van der Waals surface area contributed by atoms with Crippen LogP contribution in [-0.4, -0.2) is 37.8 Å². The highest BCUT2D eigenvalue weighted by molar-refractivity contribution is 7.54. The minimum Gasteiger partial charge on any atom is -0.445 e. The Balaban J connectivity index is 1.54. The third-order valence-corrected chi connectivity index (χ3v) is 8.43. The third-order valence-electron chi connectivity index (χ3n) is 6.15. The Labute approximate surface area is 209 Å². The highest BCUT2D eigenvalue weighted by Gasteiger charge is 2.38. The van der Waals surface area contributed by atoms with Gasteiger partial charge in [-0.25, -0.2) is 4.79 Å². The summed E-state index contributed by atoms with van der Waals surface area (Å²) < 4.78 is 35.9. The molecule has 1 saturated carbocycles. The molecule has 0 aromatic heterocycles. The predicted molar refractivity (Wildman–Crippen MR) is 136 cm³/mol. The van der Waals surface area contributed by atoms with Gasteiger partial charge in [0, 0.05) is 0 Å². The number of carbonyl (C=O) groups excluding carboxylic acids is 1. The molecule has 0 radical (unpaired) electrons. The van der Waals surface area contributed by atoms with Crippen molar-refractivity contribution >= 4 is 13.7 Å². The van der Waals surface area contributed by atoms with Crippen molar-refractivity contribution in [2.45, 2.75) is 64.4 Å². The van der Waals surface area contributed by atoms with Crippen molar-refractivity contribution in [2.75, 3.05) is 19.8 Å². The molecule has 0 saturated heterocycles. The Morgan fingerprint density at radius 2 is 1.49 bits per heavy atom. The summed E-state index contributed by atoms with van der Waals surface area (Å²) in [7, 11) is -3.64. The standard InChI is InChI=1S/C27H38NO6P/c1-3-33-35(30,34-4-2)26(28-27(29)32-20-24-13-9-6-10-14-24)21-31-25-17-15-23(16-18-25)19-22-11-7-5-8-12-22/h5-14,23,25-26H,3-4,15-21H2,1-2H3,(H,28,29). The molecular weight excluding hydrogens is 465 g/mol. The zero-order valence-electron chi connectivity index (χ0n) is 20.8. The Morgan fingerprint density at radius 1 is 0.914 bits per heavy atom. The molecule has 3 rings (SSSR count). The van der Waals surface area contributed by atoms with Crippen LogP contribution in [0.5, 0.6) is 0 Å². The number of hydrogen-bond donors (Lipinski definition) is 1. The maximum absolute atomic E-state index is 13.5. The molecule has 2 aromatic rings. The summed E-state index contributed by atoms with van der Waals surface area (Å²) in [5.41, 5.74) is 2.23. The van der Waals surface area contributed by atoms with Gasteiger partial charge in [0.1, 0.15) is 6.61 Å². The van der Waals surface area contributed by atoms with Gasteiger partial charge < -0.3 is 23.8 Å². The van der Waals surface area contributed by atoms with Gasteiger partial charge in [-0.3, -0.25) is 4.57 Å². The Kier molecular flexibility index (Phi) is 11.3. The average Bonchev–Trinajstić information content (AvgIpc) is 2.87. The van der Waals surface area contributed by atoms with Gasteiger partial charge in [-0.1, -0.05) is 60.7 Å². The van der Waals surface area contributed by atoms with Crippen molar-refractivity contribution in [1.29, 1.82) is 0 Å². The summed E-state index contributed by atoms with van der Waals surface area (Å²) in [6, 6.07) is 19.9.